The van der Waals surface area contributed by atoms with Crippen LogP contribution in [0.15, 0.2) is 29.1 Å². The number of carbonyl (C=O) groups is 1. The summed E-state index contributed by atoms with van der Waals surface area (Å²) in [5.74, 6) is -0.248. The number of hydrogen-bond acceptors (Lipinski definition) is 6. The number of rotatable bonds is 3. The number of fused-ring (bicyclic) bond motifs is 1. The predicted octanol–water partition coefficient (Wildman–Crippen LogP) is -0.372. The van der Waals surface area contributed by atoms with E-state index in [2.05, 4.69) is 31.0 Å². The molecule has 0 aliphatic rings. The number of amides is 1. The van der Waals surface area contributed by atoms with Crippen LogP contribution in [0.1, 0.15) is 5.69 Å². The van der Waals surface area contributed by atoms with E-state index in [0.29, 0.717) is 16.5 Å². The lowest BCUT2D eigenvalue weighted by Crippen LogP contribution is -2.24. The fraction of sp³-hybridized carbons (Fsp3) is 0.167. The highest BCUT2D eigenvalue weighted by atomic mass is 16.2. The van der Waals surface area contributed by atoms with Crippen molar-refractivity contribution in [3.05, 3.63) is 40.3 Å². The Balaban J connectivity index is 1.95. The minimum Gasteiger partial charge on any atom is -0.292 e. The van der Waals surface area contributed by atoms with Gasteiger partial charge in [-0.05, 0) is 11.3 Å². The first-order chi connectivity index (χ1) is 10.1. The van der Waals surface area contributed by atoms with Crippen molar-refractivity contribution in [3.8, 4) is 0 Å². The van der Waals surface area contributed by atoms with Gasteiger partial charge in [-0.2, -0.15) is 10.3 Å². The summed E-state index contributed by atoms with van der Waals surface area (Å²) in [7, 11) is 1.55. The van der Waals surface area contributed by atoms with Crippen molar-refractivity contribution in [3.63, 3.8) is 0 Å². The van der Waals surface area contributed by atoms with Gasteiger partial charge in [0.2, 0.25) is 5.91 Å². The molecule has 0 bridgehead atoms. The molecule has 9 nitrogen and oxygen atoms in total. The van der Waals surface area contributed by atoms with Crippen LogP contribution in [0.3, 0.4) is 0 Å². The highest BCUT2D eigenvalue weighted by molar-refractivity contribution is 5.94. The van der Waals surface area contributed by atoms with Gasteiger partial charge in [0.15, 0.2) is 0 Å². The van der Waals surface area contributed by atoms with E-state index in [4.69, 9.17) is 0 Å². The molecule has 1 amide bonds. The Hall–Kier alpha value is -3.10. The third-order valence-corrected chi connectivity index (χ3v) is 2.96. The Morgan fingerprint density at radius 3 is 2.81 bits per heavy atom. The van der Waals surface area contributed by atoms with Crippen LogP contribution in [0.2, 0.25) is 0 Å². The second-order valence-electron chi connectivity index (χ2n) is 4.38. The minimum atomic E-state index is -0.340. The van der Waals surface area contributed by atoms with Crippen molar-refractivity contribution in [1.29, 1.82) is 0 Å². The van der Waals surface area contributed by atoms with Crippen LogP contribution in [0.25, 0.3) is 10.8 Å². The monoisotopic (exact) mass is 285 g/mol. The number of aromatic amines is 1. The van der Waals surface area contributed by atoms with E-state index in [1.807, 2.05) is 0 Å². The number of carbonyl (C=O) groups excluding carboxylic acids is 1. The molecule has 2 N–H and O–H groups in total. The number of benzene rings is 1. The van der Waals surface area contributed by atoms with Gasteiger partial charge in [-0.1, -0.05) is 23.3 Å². The van der Waals surface area contributed by atoms with Crippen LogP contribution in [0, 0.1) is 0 Å². The highest BCUT2D eigenvalue weighted by Crippen LogP contribution is 2.13. The van der Waals surface area contributed by atoms with Gasteiger partial charge >= 0.3 is 0 Å². The lowest BCUT2D eigenvalue weighted by molar-refractivity contribution is -0.115. The molecular weight excluding hydrogens is 274 g/mol. The lowest BCUT2D eigenvalue weighted by atomic mass is 10.1. The Morgan fingerprint density at radius 1 is 1.33 bits per heavy atom. The van der Waals surface area contributed by atoms with Crippen molar-refractivity contribution in [1.82, 2.24) is 30.4 Å². The number of H-pyrrole nitrogens is 1. The Labute approximate surface area is 118 Å². The first-order valence-corrected chi connectivity index (χ1v) is 6.13. The summed E-state index contributed by atoms with van der Waals surface area (Å²) in [6.45, 7) is 0. The molecule has 9 heteroatoms. The van der Waals surface area contributed by atoms with Gasteiger partial charge in [-0.3, -0.25) is 14.9 Å². The molecule has 3 rings (SSSR count). The topological polar surface area (TPSA) is 118 Å². The highest BCUT2D eigenvalue weighted by Gasteiger charge is 2.13. The predicted molar refractivity (Wildman–Crippen MR) is 73.5 cm³/mol. The van der Waals surface area contributed by atoms with Crippen LogP contribution in [-0.2, 0) is 18.3 Å². The van der Waals surface area contributed by atoms with Crippen LogP contribution in [0.4, 0.5) is 5.95 Å². The molecule has 21 heavy (non-hydrogen) atoms. The smallest absolute Gasteiger partial charge is 0.274 e. The van der Waals surface area contributed by atoms with Crippen molar-refractivity contribution >= 4 is 22.6 Å². The second-order valence-corrected chi connectivity index (χ2v) is 4.38. The Bertz CT molecular complexity index is 854. The molecule has 2 heterocycles. The summed E-state index contributed by atoms with van der Waals surface area (Å²) < 4.78 is 1.22. The molecular formula is C12H11N7O2. The summed E-state index contributed by atoms with van der Waals surface area (Å²) in [5, 5.41) is 20.7. The summed E-state index contributed by atoms with van der Waals surface area (Å²) in [4.78, 5) is 23.9. The molecule has 2 aromatic heterocycles. The van der Waals surface area contributed by atoms with Crippen molar-refractivity contribution in [2.75, 3.05) is 5.32 Å². The van der Waals surface area contributed by atoms with Crippen LogP contribution >= 0.6 is 0 Å². The second kappa shape index (κ2) is 5.12. The standard InChI is InChI=1S/C12H11N7O2/c1-19-11(21)8-5-3-2-4-7(8)9(16-19)6-10(20)13-12-14-17-18-15-12/h2-5H,6H2,1H3,(H2,13,14,15,17,18,20). The first kappa shape index (κ1) is 12.9. The van der Waals surface area contributed by atoms with Gasteiger partial charge in [0.1, 0.15) is 0 Å². The van der Waals surface area contributed by atoms with E-state index in [9.17, 15) is 9.59 Å². The van der Waals surface area contributed by atoms with Crippen molar-refractivity contribution < 1.29 is 4.79 Å². The molecule has 0 aliphatic heterocycles. The summed E-state index contributed by atoms with van der Waals surface area (Å²) in [5.41, 5.74) is 0.307. The maximum atomic E-state index is 12.0. The number of nitrogens with one attached hydrogen (secondary N) is 2. The third-order valence-electron chi connectivity index (χ3n) is 2.96. The van der Waals surface area contributed by atoms with Crippen molar-refractivity contribution in [2.24, 2.45) is 7.05 Å². The Kier molecular flexibility index (Phi) is 3.14. The molecule has 0 atom stereocenters. The maximum Gasteiger partial charge on any atom is 0.274 e. The minimum absolute atomic E-state index is 0.00315. The zero-order valence-electron chi connectivity index (χ0n) is 11.1. The van der Waals surface area contributed by atoms with Crippen molar-refractivity contribution in [2.45, 2.75) is 6.42 Å². The molecule has 0 saturated carbocycles. The van der Waals surface area contributed by atoms with E-state index < -0.39 is 0 Å². The molecule has 0 unspecified atom stereocenters. The molecule has 0 fully saturated rings. The van der Waals surface area contributed by atoms with Crippen LogP contribution in [0.5, 0.6) is 0 Å². The molecule has 1 aromatic carbocycles. The number of hydrogen-bond donors (Lipinski definition) is 2. The third kappa shape index (κ3) is 2.48. The van der Waals surface area contributed by atoms with Gasteiger partial charge in [0, 0.05) is 12.4 Å². The first-order valence-electron chi connectivity index (χ1n) is 6.13. The molecule has 0 radical (unpaired) electrons. The summed E-state index contributed by atoms with van der Waals surface area (Å²) >= 11 is 0. The Morgan fingerprint density at radius 2 is 2.10 bits per heavy atom. The van der Waals surface area contributed by atoms with Gasteiger partial charge in [0.25, 0.3) is 11.5 Å². The normalized spacial score (nSPS) is 10.7. The van der Waals surface area contributed by atoms with Gasteiger partial charge in [-0.15, -0.1) is 5.10 Å². The van der Waals surface area contributed by atoms with E-state index >= 15 is 0 Å². The summed E-state index contributed by atoms with van der Waals surface area (Å²) in [6.07, 6.45) is 0.00315. The van der Waals surface area contributed by atoms with Gasteiger partial charge in [-0.25, -0.2) is 4.68 Å². The van der Waals surface area contributed by atoms with Crippen LogP contribution in [-0.4, -0.2) is 36.3 Å². The molecule has 3 aromatic rings. The van der Waals surface area contributed by atoms with E-state index in [1.165, 1.54) is 4.68 Å². The number of nitrogens with zero attached hydrogens (tertiary/aromatic N) is 5. The lowest BCUT2D eigenvalue weighted by Gasteiger charge is -2.07. The van der Waals surface area contributed by atoms with E-state index in [-0.39, 0.29) is 23.8 Å². The van der Waals surface area contributed by atoms with Crippen LogP contribution < -0.4 is 10.9 Å². The van der Waals surface area contributed by atoms with E-state index in [0.717, 1.165) is 0 Å². The maximum absolute atomic E-state index is 12.0. The molecule has 106 valence electrons. The quantitative estimate of drug-likeness (QED) is 0.677. The van der Waals surface area contributed by atoms with E-state index in [1.54, 1.807) is 31.3 Å². The zero-order valence-corrected chi connectivity index (χ0v) is 11.1. The average Bonchev–Trinajstić information content (AvgIpc) is 2.97. The SMILES string of the molecule is Cn1nc(CC(=O)Nc2nn[nH]n2)c2ccccc2c1=O. The number of aromatic nitrogens is 6. The fourth-order valence-corrected chi connectivity index (χ4v) is 2.04. The van der Waals surface area contributed by atoms with Gasteiger partial charge in [0.05, 0.1) is 17.5 Å². The summed E-state index contributed by atoms with van der Waals surface area (Å²) in [6, 6.07) is 7.04. The number of aryl methyl sites for hydroxylation is 1. The zero-order chi connectivity index (χ0) is 14.8. The molecule has 0 saturated heterocycles. The fourth-order valence-electron chi connectivity index (χ4n) is 2.04. The molecule has 0 aliphatic carbocycles. The van der Waals surface area contributed by atoms with Gasteiger partial charge < -0.3 is 0 Å². The largest absolute Gasteiger partial charge is 0.292 e. The number of anilines is 1. The number of tetrazole rings is 1. The average molecular weight is 285 g/mol. The molecule has 0 spiro atoms.